The third kappa shape index (κ3) is 45.1. The van der Waals surface area contributed by atoms with Gasteiger partial charge in [0.15, 0.2) is 18.9 Å². The summed E-state index contributed by atoms with van der Waals surface area (Å²) >= 11 is 0. The summed E-state index contributed by atoms with van der Waals surface area (Å²) in [6.07, 6.45) is 53.6. The first-order valence-electron chi connectivity index (χ1n) is 43.9. The zero-order valence-corrected chi connectivity index (χ0v) is 66.3. The highest BCUT2D eigenvalue weighted by molar-refractivity contribution is 5.76. The van der Waals surface area contributed by atoms with Crippen LogP contribution in [-0.2, 0) is 33.2 Å². The number of unbranched alkanes of at least 4 members (excludes halogenated alkanes) is 56. The number of ether oxygens (including phenoxy) is 6. The van der Waals surface area contributed by atoms with E-state index in [1.54, 1.807) is 6.08 Å². The van der Waals surface area contributed by atoms with Crippen molar-refractivity contribution in [3.8, 4) is 0 Å². The number of aliphatic hydroxyl groups is 11. The van der Waals surface area contributed by atoms with Crippen LogP contribution in [0.2, 0.25) is 0 Å². The Balaban J connectivity index is 1.34. The summed E-state index contributed by atoms with van der Waals surface area (Å²) in [4.78, 5) is 13.5. The number of carbonyl (C=O) groups is 1. The van der Waals surface area contributed by atoms with Crippen LogP contribution in [0.5, 0.6) is 0 Å². The second kappa shape index (κ2) is 66.2. The average molecular weight is 1490 g/mol. The normalized spacial score (nSPS) is 25.9. The van der Waals surface area contributed by atoms with Crippen molar-refractivity contribution in [1.29, 1.82) is 0 Å². The second-order valence-corrected chi connectivity index (χ2v) is 31.7. The van der Waals surface area contributed by atoms with Gasteiger partial charge in [0.2, 0.25) is 5.91 Å². The first-order chi connectivity index (χ1) is 50.8. The maximum atomic E-state index is 13.5. The summed E-state index contributed by atoms with van der Waals surface area (Å²) in [5.41, 5.74) is 0. The van der Waals surface area contributed by atoms with Crippen LogP contribution in [0.4, 0.5) is 0 Å². The summed E-state index contributed by atoms with van der Waals surface area (Å²) in [6, 6.07) is -0.971. The Hall–Kier alpha value is -1.47. The highest BCUT2D eigenvalue weighted by Crippen LogP contribution is 2.34. The molecule has 3 aliphatic rings. The standard InChI is InChI=1S/C85H163NO18/c1-3-5-7-9-11-13-15-17-19-21-23-25-27-29-31-32-33-34-35-37-38-40-42-44-46-48-50-52-54-56-58-60-62-69(90)68(86-73(91)63-61-59-57-55-53-51-49-47-45-43-41-39-36-30-28-26-24-22-20-18-16-14-12-10-8-6-4-2)67-99-83-79(97)76(94)81(71(65-88)101-83)104-85-80(98)77(95)82(72(66-89)102-85)103-84-78(96)75(93)74(92)70(64-87)100-84/h60,62,68-72,74-85,87-90,92-98H,3-59,61,63-67H2,1-2H3,(H,86,91)/b62-60+. The van der Waals surface area contributed by atoms with Crippen molar-refractivity contribution in [2.24, 2.45) is 0 Å². The third-order valence-corrected chi connectivity index (χ3v) is 22.3. The molecule has 17 unspecified atom stereocenters. The third-order valence-electron chi connectivity index (χ3n) is 22.3. The van der Waals surface area contributed by atoms with Gasteiger partial charge in [-0.3, -0.25) is 4.79 Å². The van der Waals surface area contributed by atoms with Gasteiger partial charge in [0.25, 0.3) is 0 Å². The van der Waals surface area contributed by atoms with Crippen LogP contribution in [0, 0.1) is 0 Å². The predicted molar refractivity (Wildman–Crippen MR) is 416 cm³/mol. The molecule has 3 fully saturated rings. The molecule has 0 spiro atoms. The highest BCUT2D eigenvalue weighted by atomic mass is 16.8. The number of hydrogen-bond acceptors (Lipinski definition) is 18. The van der Waals surface area contributed by atoms with Gasteiger partial charge < -0.3 is 89.9 Å². The van der Waals surface area contributed by atoms with Crippen LogP contribution in [0.25, 0.3) is 0 Å². The summed E-state index contributed by atoms with van der Waals surface area (Å²) in [6.45, 7) is 1.82. The van der Waals surface area contributed by atoms with E-state index >= 15 is 0 Å². The van der Waals surface area contributed by atoms with Gasteiger partial charge in [-0.05, 0) is 19.3 Å². The van der Waals surface area contributed by atoms with Crippen LogP contribution in [0.3, 0.4) is 0 Å². The van der Waals surface area contributed by atoms with E-state index < -0.39 is 124 Å². The lowest BCUT2D eigenvalue weighted by Crippen LogP contribution is -2.66. The molecule has 0 radical (unpaired) electrons. The number of amides is 1. The fourth-order valence-corrected chi connectivity index (χ4v) is 15.3. The van der Waals surface area contributed by atoms with Crippen molar-refractivity contribution in [1.82, 2.24) is 5.32 Å². The molecule has 0 aliphatic carbocycles. The van der Waals surface area contributed by atoms with Gasteiger partial charge in [0.05, 0.1) is 38.6 Å². The zero-order valence-electron chi connectivity index (χ0n) is 66.3. The Kier molecular flexibility index (Phi) is 61.5. The van der Waals surface area contributed by atoms with Crippen LogP contribution in [-0.4, -0.2) is 193 Å². The van der Waals surface area contributed by atoms with E-state index in [0.29, 0.717) is 6.42 Å². The van der Waals surface area contributed by atoms with Gasteiger partial charge in [-0.25, -0.2) is 0 Å². The quantitative estimate of drug-likeness (QED) is 0.0199. The minimum absolute atomic E-state index is 0.250. The molecular formula is C85H163NO18. The van der Waals surface area contributed by atoms with E-state index in [0.717, 1.165) is 44.9 Å². The van der Waals surface area contributed by atoms with Gasteiger partial charge in [-0.2, -0.15) is 0 Å². The Morgan fingerprint density at radius 3 is 0.904 bits per heavy atom. The van der Waals surface area contributed by atoms with E-state index in [2.05, 4.69) is 19.2 Å². The minimum atomic E-state index is -1.98. The first-order valence-corrected chi connectivity index (χ1v) is 43.9. The number of aliphatic hydroxyl groups excluding tert-OH is 11. The second-order valence-electron chi connectivity index (χ2n) is 31.7. The molecule has 12 N–H and O–H groups in total. The minimum Gasteiger partial charge on any atom is -0.394 e. The van der Waals surface area contributed by atoms with Gasteiger partial charge in [-0.15, -0.1) is 0 Å². The summed E-state index contributed by atoms with van der Waals surface area (Å²) in [7, 11) is 0. The Morgan fingerprint density at radius 1 is 0.337 bits per heavy atom. The lowest BCUT2D eigenvalue weighted by molar-refractivity contribution is -0.379. The Morgan fingerprint density at radius 2 is 0.596 bits per heavy atom. The molecule has 1 amide bonds. The summed E-state index contributed by atoms with van der Waals surface area (Å²) in [5, 5.41) is 121. The number of hydrogen-bond donors (Lipinski definition) is 12. The predicted octanol–water partition coefficient (Wildman–Crippen LogP) is 15.9. The molecule has 19 nitrogen and oxygen atoms in total. The van der Waals surface area contributed by atoms with Gasteiger partial charge in [0, 0.05) is 6.42 Å². The number of rotatable bonds is 72. The molecule has 3 rings (SSSR count). The monoisotopic (exact) mass is 1490 g/mol. The smallest absolute Gasteiger partial charge is 0.220 e. The fourth-order valence-electron chi connectivity index (χ4n) is 15.3. The van der Waals surface area contributed by atoms with Crippen molar-refractivity contribution >= 4 is 5.91 Å². The van der Waals surface area contributed by atoms with Crippen LogP contribution >= 0.6 is 0 Å². The van der Waals surface area contributed by atoms with Crippen molar-refractivity contribution in [3.05, 3.63) is 12.2 Å². The maximum absolute atomic E-state index is 13.5. The molecule has 17 atom stereocenters. The average Bonchev–Trinajstić information content (AvgIpc) is 0.777. The van der Waals surface area contributed by atoms with Crippen LogP contribution in [0.1, 0.15) is 393 Å². The van der Waals surface area contributed by atoms with Gasteiger partial charge in [-0.1, -0.05) is 379 Å². The van der Waals surface area contributed by atoms with E-state index in [9.17, 15) is 61.0 Å². The molecule has 0 aromatic heterocycles. The van der Waals surface area contributed by atoms with Gasteiger partial charge in [0.1, 0.15) is 73.2 Å². The van der Waals surface area contributed by atoms with Crippen molar-refractivity contribution in [2.45, 2.75) is 497 Å². The zero-order chi connectivity index (χ0) is 75.3. The molecule has 0 aromatic carbocycles. The SMILES string of the molecule is CCCCCCCCCCCCCCCCCCCCCCCCCCCCCCCC/C=C/C(O)C(COC1OC(CO)C(OC2OC(CO)C(OC3OC(CO)C(O)C(O)C3O)C(O)C2O)C(O)C1O)NC(=O)CCCCCCCCCCCCCCCCCCCCCCCCCCCCC. The van der Waals surface area contributed by atoms with E-state index in [1.165, 1.54) is 321 Å². The molecule has 0 aromatic rings. The molecule has 3 saturated heterocycles. The van der Waals surface area contributed by atoms with Crippen LogP contribution in [0.15, 0.2) is 12.2 Å². The molecule has 19 heteroatoms. The Labute approximate surface area is 633 Å². The van der Waals surface area contributed by atoms with Crippen molar-refractivity contribution in [2.75, 3.05) is 26.4 Å². The maximum Gasteiger partial charge on any atom is 0.220 e. The molecule has 3 heterocycles. The van der Waals surface area contributed by atoms with Gasteiger partial charge >= 0.3 is 0 Å². The highest BCUT2D eigenvalue weighted by Gasteiger charge is 2.54. The Bertz CT molecular complexity index is 1920. The molecule has 0 saturated carbocycles. The molecular weight excluding hydrogens is 1320 g/mol. The summed E-state index contributed by atoms with van der Waals surface area (Å²) in [5.74, 6) is -0.265. The number of carbonyl (C=O) groups excluding carboxylic acids is 1. The van der Waals surface area contributed by atoms with E-state index in [4.69, 9.17) is 28.4 Å². The molecule has 3 aliphatic heterocycles. The van der Waals surface area contributed by atoms with E-state index in [-0.39, 0.29) is 18.9 Å². The lowest BCUT2D eigenvalue weighted by Gasteiger charge is -2.48. The molecule has 104 heavy (non-hydrogen) atoms. The lowest BCUT2D eigenvalue weighted by atomic mass is 9.96. The fraction of sp³-hybridized carbons (Fsp3) is 0.965. The molecule has 0 bridgehead atoms. The van der Waals surface area contributed by atoms with E-state index in [1.807, 2.05) is 6.08 Å². The number of allylic oxidation sites excluding steroid dienone is 1. The molecule has 616 valence electrons. The topological polar surface area (TPSA) is 307 Å². The van der Waals surface area contributed by atoms with Crippen molar-refractivity contribution in [3.63, 3.8) is 0 Å². The van der Waals surface area contributed by atoms with Crippen LogP contribution < -0.4 is 5.32 Å². The number of nitrogens with one attached hydrogen (secondary N) is 1. The largest absolute Gasteiger partial charge is 0.394 e. The van der Waals surface area contributed by atoms with Crippen molar-refractivity contribution < 1.29 is 89.4 Å². The summed E-state index contributed by atoms with van der Waals surface area (Å²) < 4.78 is 34.5. The first kappa shape index (κ1) is 96.7.